The largest absolute Gasteiger partial charge is 0.255 e. The van der Waals surface area contributed by atoms with E-state index in [2.05, 4.69) is 29.2 Å². The Morgan fingerprint density at radius 3 is 2.59 bits per heavy atom. The summed E-state index contributed by atoms with van der Waals surface area (Å²) in [5.41, 5.74) is 2.83. The van der Waals surface area contributed by atoms with Crippen LogP contribution in [0.3, 0.4) is 0 Å². The van der Waals surface area contributed by atoms with Crippen LogP contribution >= 0.6 is 0 Å². The molecule has 0 saturated heterocycles. The van der Waals surface area contributed by atoms with Crippen LogP contribution in [0.15, 0.2) is 35.1 Å². The fraction of sp³-hybridized carbons (Fsp3) is 0.462. The Morgan fingerprint density at radius 2 is 2.12 bits per heavy atom. The number of hydrogen-bond acceptors (Lipinski definition) is 3. The summed E-state index contributed by atoms with van der Waals surface area (Å²) in [6, 6.07) is 0.311. The van der Waals surface area contributed by atoms with Crippen molar-refractivity contribution in [1.82, 2.24) is 15.0 Å². The van der Waals surface area contributed by atoms with Gasteiger partial charge < -0.3 is 0 Å². The molecule has 0 aliphatic heterocycles. The van der Waals surface area contributed by atoms with E-state index in [1.807, 2.05) is 43.8 Å². The van der Waals surface area contributed by atoms with Crippen LogP contribution in [0.4, 0.5) is 0 Å². The molecule has 17 heavy (non-hydrogen) atoms. The number of aliphatic imine (C=N–C) groups is 1. The topological polar surface area (TPSA) is 43.1 Å². The predicted molar refractivity (Wildman–Crippen MR) is 71.2 cm³/mol. The van der Waals surface area contributed by atoms with E-state index in [-0.39, 0.29) is 0 Å². The molecular formula is C13H20N4. The van der Waals surface area contributed by atoms with E-state index in [0.29, 0.717) is 6.04 Å². The minimum Gasteiger partial charge on any atom is -0.255 e. The molecule has 0 radical (unpaired) electrons. The third-order valence-corrected chi connectivity index (χ3v) is 2.09. The van der Waals surface area contributed by atoms with Crippen LogP contribution in [0.1, 0.15) is 46.4 Å². The van der Waals surface area contributed by atoms with Crippen molar-refractivity contribution < 1.29 is 0 Å². The van der Waals surface area contributed by atoms with Crippen LogP contribution in [-0.2, 0) is 0 Å². The fourth-order valence-electron chi connectivity index (χ4n) is 1.25. The van der Waals surface area contributed by atoms with Gasteiger partial charge in [-0.05, 0) is 40.7 Å². The van der Waals surface area contributed by atoms with Crippen LogP contribution in [0.5, 0.6) is 0 Å². The number of nitrogens with zero attached hydrogens (tertiary/aromatic N) is 4. The Kier molecular flexibility index (Phi) is 4.82. The van der Waals surface area contributed by atoms with Gasteiger partial charge in [0, 0.05) is 12.2 Å². The van der Waals surface area contributed by atoms with Crippen LogP contribution < -0.4 is 0 Å². The highest BCUT2D eigenvalue weighted by Gasteiger charge is 2.07. The summed E-state index contributed by atoms with van der Waals surface area (Å²) < 4.78 is 1.83. The summed E-state index contributed by atoms with van der Waals surface area (Å²) in [5.74, 6) is 0. The first kappa shape index (κ1) is 13.4. The Bertz CT molecular complexity index is 446. The van der Waals surface area contributed by atoms with E-state index in [1.165, 1.54) is 5.57 Å². The van der Waals surface area contributed by atoms with Gasteiger partial charge in [-0.15, -0.1) is 5.10 Å². The molecule has 92 valence electrons. The average molecular weight is 232 g/mol. The van der Waals surface area contributed by atoms with Crippen LogP contribution in [-0.4, -0.2) is 20.7 Å². The van der Waals surface area contributed by atoms with Crippen molar-refractivity contribution in [2.24, 2.45) is 4.99 Å². The molecule has 0 bridgehead atoms. The van der Waals surface area contributed by atoms with E-state index in [1.54, 1.807) is 6.20 Å². The lowest BCUT2D eigenvalue weighted by atomic mass is 10.2. The molecule has 0 aromatic carbocycles. The van der Waals surface area contributed by atoms with Crippen LogP contribution in [0.2, 0.25) is 0 Å². The molecule has 0 spiro atoms. The molecule has 0 amide bonds. The molecule has 1 aromatic heterocycles. The number of hydrogen-bond donors (Lipinski definition) is 0. The summed E-state index contributed by atoms with van der Waals surface area (Å²) >= 11 is 0. The normalized spacial score (nSPS) is 12.5. The summed E-state index contributed by atoms with van der Waals surface area (Å²) in [5, 5.41) is 8.23. The monoisotopic (exact) mass is 232 g/mol. The van der Waals surface area contributed by atoms with Crippen molar-refractivity contribution >= 4 is 5.71 Å². The first-order valence-corrected chi connectivity index (χ1v) is 5.80. The van der Waals surface area contributed by atoms with Gasteiger partial charge in [-0.25, -0.2) is 4.68 Å². The number of aromatic nitrogens is 3. The Labute approximate surface area is 103 Å². The zero-order valence-corrected chi connectivity index (χ0v) is 11.2. The summed E-state index contributed by atoms with van der Waals surface area (Å²) in [7, 11) is 0. The second-order valence-electron chi connectivity index (χ2n) is 4.40. The number of allylic oxidation sites excluding steroid dienone is 3. The predicted octanol–water partition coefficient (Wildman–Crippen LogP) is 3.15. The van der Waals surface area contributed by atoms with Crippen molar-refractivity contribution in [3.05, 3.63) is 35.8 Å². The van der Waals surface area contributed by atoms with E-state index in [4.69, 9.17) is 0 Å². The van der Waals surface area contributed by atoms with E-state index >= 15 is 0 Å². The van der Waals surface area contributed by atoms with Gasteiger partial charge in [0.05, 0.1) is 11.9 Å². The maximum Gasteiger partial charge on any atom is 0.131 e. The van der Waals surface area contributed by atoms with Gasteiger partial charge in [-0.2, -0.15) is 0 Å². The molecule has 0 aliphatic carbocycles. The molecule has 0 aliphatic rings. The van der Waals surface area contributed by atoms with E-state index in [9.17, 15) is 0 Å². The molecular weight excluding hydrogens is 212 g/mol. The minimum atomic E-state index is 0.311. The fourth-order valence-corrected chi connectivity index (χ4v) is 1.25. The second kappa shape index (κ2) is 6.13. The Hall–Kier alpha value is -1.71. The lowest BCUT2D eigenvalue weighted by molar-refractivity contribution is 0.514. The van der Waals surface area contributed by atoms with Gasteiger partial charge in [0.2, 0.25) is 0 Å². The lowest BCUT2D eigenvalue weighted by Crippen LogP contribution is -2.01. The Morgan fingerprint density at radius 1 is 1.41 bits per heavy atom. The molecule has 0 saturated carbocycles. The highest BCUT2D eigenvalue weighted by molar-refractivity contribution is 6.07. The van der Waals surface area contributed by atoms with Crippen molar-refractivity contribution in [1.29, 1.82) is 0 Å². The van der Waals surface area contributed by atoms with E-state index in [0.717, 1.165) is 11.4 Å². The van der Waals surface area contributed by atoms with Gasteiger partial charge >= 0.3 is 0 Å². The Balaban J connectivity index is 3.09. The molecule has 1 rings (SSSR count). The molecule has 0 atom stereocenters. The smallest absolute Gasteiger partial charge is 0.131 e. The zero-order valence-electron chi connectivity index (χ0n) is 11.2. The third-order valence-electron chi connectivity index (χ3n) is 2.09. The molecule has 4 nitrogen and oxygen atoms in total. The standard InChI is InChI=1S/C13H20N4/c1-6-7-14-12(8-10(2)3)13-9-17(11(4)5)16-15-13/h6-9,11H,1-5H3/b7-6-,14-12+. The maximum absolute atomic E-state index is 4.37. The van der Waals surface area contributed by atoms with Gasteiger partial charge in [0.15, 0.2) is 0 Å². The maximum atomic E-state index is 4.37. The van der Waals surface area contributed by atoms with Gasteiger partial charge in [-0.3, -0.25) is 4.99 Å². The van der Waals surface area contributed by atoms with Crippen molar-refractivity contribution in [2.45, 2.75) is 40.7 Å². The van der Waals surface area contributed by atoms with Gasteiger partial charge in [-0.1, -0.05) is 16.9 Å². The second-order valence-corrected chi connectivity index (χ2v) is 4.40. The zero-order chi connectivity index (χ0) is 12.8. The third kappa shape index (κ3) is 3.98. The summed E-state index contributed by atoms with van der Waals surface area (Å²) in [6.07, 6.45) is 7.59. The first-order valence-electron chi connectivity index (χ1n) is 5.80. The summed E-state index contributed by atoms with van der Waals surface area (Å²) in [6.45, 7) is 10.2. The summed E-state index contributed by atoms with van der Waals surface area (Å²) in [4.78, 5) is 4.37. The van der Waals surface area contributed by atoms with Crippen molar-refractivity contribution in [2.75, 3.05) is 0 Å². The van der Waals surface area contributed by atoms with Crippen molar-refractivity contribution in [3.63, 3.8) is 0 Å². The molecule has 1 heterocycles. The quantitative estimate of drug-likeness (QED) is 0.748. The van der Waals surface area contributed by atoms with Gasteiger partial charge in [0.1, 0.15) is 5.69 Å². The molecule has 0 unspecified atom stereocenters. The highest BCUT2D eigenvalue weighted by atomic mass is 15.4. The SMILES string of the molecule is C/C=C\N=C(/C=C(C)C)c1cn(C(C)C)nn1. The average Bonchev–Trinajstić information content (AvgIpc) is 2.72. The van der Waals surface area contributed by atoms with Gasteiger partial charge in [0.25, 0.3) is 0 Å². The van der Waals surface area contributed by atoms with Crippen LogP contribution in [0.25, 0.3) is 0 Å². The van der Waals surface area contributed by atoms with Crippen molar-refractivity contribution in [3.8, 4) is 0 Å². The lowest BCUT2D eigenvalue weighted by Gasteiger charge is -2.01. The molecule has 0 N–H and O–H groups in total. The molecule has 0 fully saturated rings. The van der Waals surface area contributed by atoms with Crippen LogP contribution in [0, 0.1) is 0 Å². The number of rotatable bonds is 4. The minimum absolute atomic E-state index is 0.311. The first-order chi connectivity index (χ1) is 8.04. The highest BCUT2D eigenvalue weighted by Crippen LogP contribution is 2.06. The van der Waals surface area contributed by atoms with E-state index < -0.39 is 0 Å². The molecule has 1 aromatic rings. The molecule has 4 heteroatoms.